The third kappa shape index (κ3) is 5.52. The summed E-state index contributed by atoms with van der Waals surface area (Å²) in [4.78, 5) is 27.5. The number of carbonyl (C=O) groups excluding carboxylic acids is 2. The number of nitrogens with zero attached hydrogens (tertiary/aromatic N) is 1. The Morgan fingerprint density at radius 2 is 1.83 bits per heavy atom. The van der Waals surface area contributed by atoms with Gasteiger partial charge >= 0.3 is 6.09 Å². The Hall–Kier alpha value is -2.11. The number of amides is 2. The van der Waals surface area contributed by atoms with E-state index in [1.165, 1.54) is 6.07 Å². The minimum atomic E-state index is -0.595. The number of carbonyl (C=O) groups is 2. The summed E-state index contributed by atoms with van der Waals surface area (Å²) < 4.78 is 19.2. The van der Waals surface area contributed by atoms with Crippen LogP contribution in [0.2, 0.25) is 0 Å². The topological polar surface area (TPSA) is 58.6 Å². The molecule has 166 valence electrons. The van der Waals surface area contributed by atoms with E-state index in [-0.39, 0.29) is 11.7 Å². The molecule has 1 aromatic rings. The molecule has 2 fully saturated rings. The average molecular weight is 419 g/mol. The summed E-state index contributed by atoms with van der Waals surface area (Å²) in [7, 11) is 0. The van der Waals surface area contributed by atoms with Crippen LogP contribution >= 0.6 is 0 Å². The summed E-state index contributed by atoms with van der Waals surface area (Å²) >= 11 is 0. The first kappa shape index (κ1) is 22.6. The number of hydrogen-bond donors (Lipinski definition) is 1. The average Bonchev–Trinajstić information content (AvgIpc) is 2.71. The number of alkyl carbamates (subject to hydrolysis) is 1. The van der Waals surface area contributed by atoms with Crippen LogP contribution < -0.4 is 5.32 Å². The highest BCUT2D eigenvalue weighted by atomic mass is 19.1. The molecule has 0 spiro atoms. The van der Waals surface area contributed by atoms with Crippen LogP contribution in [0.25, 0.3) is 0 Å². The van der Waals surface area contributed by atoms with Crippen LogP contribution in [-0.4, -0.2) is 42.1 Å². The molecule has 1 saturated heterocycles. The molecule has 6 heteroatoms. The predicted molar refractivity (Wildman–Crippen MR) is 115 cm³/mol. The fourth-order valence-corrected chi connectivity index (χ4v) is 4.75. The van der Waals surface area contributed by atoms with E-state index in [0.29, 0.717) is 25.6 Å². The van der Waals surface area contributed by atoms with E-state index in [9.17, 15) is 14.0 Å². The lowest BCUT2D eigenvalue weighted by atomic mass is 9.68. The number of nitrogens with one attached hydrogen (secondary N) is 1. The van der Waals surface area contributed by atoms with Crippen LogP contribution in [-0.2, 0) is 14.9 Å². The van der Waals surface area contributed by atoms with E-state index in [0.717, 1.165) is 50.5 Å². The molecule has 1 N–H and O–H groups in total. The maximum atomic E-state index is 13.9. The molecule has 2 amide bonds. The number of hydrogen-bond acceptors (Lipinski definition) is 3. The zero-order valence-electron chi connectivity index (χ0n) is 18.5. The van der Waals surface area contributed by atoms with E-state index < -0.39 is 17.1 Å². The molecule has 0 atom stereocenters. The molecule has 0 aromatic heterocycles. The van der Waals surface area contributed by atoms with E-state index in [4.69, 9.17) is 4.74 Å². The van der Waals surface area contributed by atoms with Crippen molar-refractivity contribution < 1.29 is 18.7 Å². The van der Waals surface area contributed by atoms with Gasteiger partial charge in [-0.25, -0.2) is 9.18 Å². The summed E-state index contributed by atoms with van der Waals surface area (Å²) in [5.74, 6) is 0.196. The molecular formula is C24H35FN2O3. The first-order valence-corrected chi connectivity index (χ1v) is 11.2. The van der Waals surface area contributed by atoms with Gasteiger partial charge in [-0.2, -0.15) is 0 Å². The Morgan fingerprint density at radius 1 is 1.17 bits per heavy atom. The van der Waals surface area contributed by atoms with Crippen molar-refractivity contribution in [3.05, 3.63) is 35.6 Å². The summed E-state index contributed by atoms with van der Waals surface area (Å²) in [5, 5.41) is 2.85. The van der Waals surface area contributed by atoms with Gasteiger partial charge in [0.2, 0.25) is 5.91 Å². The Balaban J connectivity index is 1.60. The standard InChI is InChI=1S/C24H35FN2O3/c1-23(2,3)30-22(29)26-17-18-10-14-27(15-11-18)21(28)24(12-5-4-6-13-24)19-8-7-9-20(25)16-19/h7-9,16,18H,4-6,10-15,17H2,1-3H3,(H,26,29). The van der Waals surface area contributed by atoms with Crippen molar-refractivity contribution in [2.24, 2.45) is 5.92 Å². The van der Waals surface area contributed by atoms with Crippen LogP contribution in [0.5, 0.6) is 0 Å². The minimum absolute atomic E-state index is 0.145. The second-order valence-electron chi connectivity index (χ2n) is 9.77. The fraction of sp³-hybridized carbons (Fsp3) is 0.667. The molecule has 2 aliphatic rings. The maximum absolute atomic E-state index is 13.9. The Bertz CT molecular complexity index is 745. The molecule has 3 rings (SSSR count). The van der Waals surface area contributed by atoms with E-state index in [1.807, 2.05) is 31.7 Å². The number of rotatable bonds is 4. The van der Waals surface area contributed by atoms with Gasteiger partial charge in [0.05, 0.1) is 5.41 Å². The summed E-state index contributed by atoms with van der Waals surface area (Å²) in [6.45, 7) is 7.45. The van der Waals surface area contributed by atoms with Crippen molar-refractivity contribution >= 4 is 12.0 Å². The SMILES string of the molecule is CC(C)(C)OC(=O)NCC1CCN(C(=O)C2(c3cccc(F)c3)CCCCC2)CC1. The lowest BCUT2D eigenvalue weighted by Crippen LogP contribution is -2.51. The van der Waals surface area contributed by atoms with Crippen LogP contribution in [0.1, 0.15) is 71.3 Å². The predicted octanol–water partition coefficient (Wildman–Crippen LogP) is 4.79. The maximum Gasteiger partial charge on any atom is 0.407 e. The highest BCUT2D eigenvalue weighted by Gasteiger charge is 2.44. The van der Waals surface area contributed by atoms with Crippen molar-refractivity contribution in [3.63, 3.8) is 0 Å². The highest BCUT2D eigenvalue weighted by molar-refractivity contribution is 5.88. The number of halogens is 1. The number of likely N-dealkylation sites (tertiary alicyclic amines) is 1. The van der Waals surface area contributed by atoms with Gasteiger partial charge in [-0.3, -0.25) is 4.79 Å². The normalized spacial score (nSPS) is 19.9. The summed E-state index contributed by atoms with van der Waals surface area (Å²) in [5.41, 5.74) is -0.284. The molecule has 1 aliphatic heterocycles. The zero-order valence-corrected chi connectivity index (χ0v) is 18.5. The molecule has 0 bridgehead atoms. The second-order valence-corrected chi connectivity index (χ2v) is 9.77. The molecule has 1 heterocycles. The number of benzene rings is 1. The van der Waals surface area contributed by atoms with Gasteiger partial charge in [-0.1, -0.05) is 31.4 Å². The molecule has 5 nitrogen and oxygen atoms in total. The van der Waals surface area contributed by atoms with Crippen molar-refractivity contribution in [2.75, 3.05) is 19.6 Å². The van der Waals surface area contributed by atoms with Crippen molar-refractivity contribution in [3.8, 4) is 0 Å². The molecule has 0 radical (unpaired) electrons. The van der Waals surface area contributed by atoms with Crippen LogP contribution in [0, 0.1) is 11.7 Å². The van der Waals surface area contributed by atoms with E-state index >= 15 is 0 Å². The van der Waals surface area contributed by atoms with E-state index in [2.05, 4.69) is 5.32 Å². The monoisotopic (exact) mass is 418 g/mol. The van der Waals surface area contributed by atoms with Gasteiger partial charge in [0.15, 0.2) is 0 Å². The molecule has 0 unspecified atom stereocenters. The van der Waals surface area contributed by atoms with Crippen LogP contribution in [0.4, 0.5) is 9.18 Å². The molecule has 1 saturated carbocycles. The number of ether oxygens (including phenoxy) is 1. The van der Waals surface area contributed by atoms with E-state index in [1.54, 1.807) is 12.1 Å². The van der Waals surface area contributed by atoms with Gasteiger partial charge in [-0.15, -0.1) is 0 Å². The quantitative estimate of drug-likeness (QED) is 0.765. The Morgan fingerprint density at radius 3 is 2.43 bits per heavy atom. The second kappa shape index (κ2) is 9.36. The third-order valence-corrected chi connectivity index (χ3v) is 6.33. The lowest BCUT2D eigenvalue weighted by molar-refractivity contribution is -0.140. The summed E-state index contributed by atoms with van der Waals surface area (Å²) in [6, 6.07) is 6.60. The van der Waals surface area contributed by atoms with Gasteiger partial charge in [0.1, 0.15) is 11.4 Å². The largest absolute Gasteiger partial charge is 0.444 e. The first-order chi connectivity index (χ1) is 14.2. The molecule has 1 aliphatic carbocycles. The Kier molecular flexibility index (Phi) is 7.04. The van der Waals surface area contributed by atoms with Crippen LogP contribution in [0.3, 0.4) is 0 Å². The van der Waals surface area contributed by atoms with Gasteiger partial charge < -0.3 is 15.0 Å². The zero-order chi connectivity index (χ0) is 21.8. The minimum Gasteiger partial charge on any atom is -0.444 e. The third-order valence-electron chi connectivity index (χ3n) is 6.33. The van der Waals surface area contributed by atoms with Crippen LogP contribution in [0.15, 0.2) is 24.3 Å². The Labute approximate surface area is 179 Å². The number of piperidine rings is 1. The summed E-state index contributed by atoms with van der Waals surface area (Å²) in [6.07, 6.45) is 6.00. The smallest absolute Gasteiger partial charge is 0.407 e. The van der Waals surface area contributed by atoms with Crippen molar-refractivity contribution in [2.45, 2.75) is 76.7 Å². The highest BCUT2D eigenvalue weighted by Crippen LogP contribution is 2.42. The van der Waals surface area contributed by atoms with Crippen molar-refractivity contribution in [1.29, 1.82) is 0 Å². The van der Waals surface area contributed by atoms with Gasteiger partial charge in [-0.05, 0) is 70.1 Å². The molecular weight excluding hydrogens is 383 g/mol. The molecule has 1 aromatic carbocycles. The first-order valence-electron chi connectivity index (χ1n) is 11.2. The van der Waals surface area contributed by atoms with Gasteiger partial charge in [0.25, 0.3) is 0 Å². The lowest BCUT2D eigenvalue weighted by Gasteiger charge is -2.42. The molecule has 30 heavy (non-hydrogen) atoms. The van der Waals surface area contributed by atoms with Crippen molar-refractivity contribution in [1.82, 2.24) is 10.2 Å². The fourth-order valence-electron chi connectivity index (χ4n) is 4.75. The van der Waals surface area contributed by atoms with Gasteiger partial charge in [0, 0.05) is 19.6 Å².